The first-order valence-corrected chi connectivity index (χ1v) is 7.10. The van der Waals surface area contributed by atoms with Gasteiger partial charge in [-0.1, -0.05) is 18.2 Å². The summed E-state index contributed by atoms with van der Waals surface area (Å²) in [6.07, 6.45) is 0.721. The Bertz CT molecular complexity index is 484. The van der Waals surface area contributed by atoms with E-state index in [0.29, 0.717) is 0 Å². The second-order valence-electron chi connectivity index (χ2n) is 3.75. The molecule has 17 heavy (non-hydrogen) atoms. The normalized spacial score (nSPS) is 10.7. The van der Waals surface area contributed by atoms with Crippen LogP contribution in [0.1, 0.15) is 10.4 Å². The summed E-state index contributed by atoms with van der Waals surface area (Å²) in [4.78, 5) is 1.28. The molecule has 0 bridgehead atoms. The van der Waals surface area contributed by atoms with Gasteiger partial charge in [-0.2, -0.15) is 0 Å². The van der Waals surface area contributed by atoms with Gasteiger partial charge in [0.1, 0.15) is 5.82 Å². The van der Waals surface area contributed by atoms with Gasteiger partial charge in [0.15, 0.2) is 0 Å². The largest absolute Gasteiger partial charge is 0.312 e. The molecule has 0 fully saturated rings. The predicted molar refractivity (Wildman–Crippen MR) is 73.8 cm³/mol. The molecule has 0 atom stereocenters. The van der Waals surface area contributed by atoms with Crippen LogP contribution in [0.5, 0.6) is 0 Å². The quantitative estimate of drug-likeness (QED) is 0.823. The fraction of sp³-hybridized carbons (Fsp3) is 0.231. The Balaban J connectivity index is 1.75. The maximum Gasteiger partial charge on any atom is 0.126 e. The van der Waals surface area contributed by atoms with Crippen LogP contribution in [0.15, 0.2) is 40.2 Å². The Kier molecular flexibility index (Phi) is 4.71. The van der Waals surface area contributed by atoms with Crippen LogP contribution < -0.4 is 5.32 Å². The second-order valence-corrected chi connectivity index (χ2v) is 5.66. The number of hydrogen-bond acceptors (Lipinski definition) is 2. The molecule has 1 nitrogen and oxygen atoms in total. The van der Waals surface area contributed by atoms with Gasteiger partial charge in [-0.25, -0.2) is 4.39 Å². The lowest BCUT2D eigenvalue weighted by Crippen LogP contribution is -2.16. The third kappa shape index (κ3) is 3.91. The lowest BCUT2D eigenvalue weighted by atomic mass is 10.1. The fourth-order valence-electron chi connectivity index (χ4n) is 1.58. The molecule has 0 aliphatic carbocycles. The topological polar surface area (TPSA) is 12.0 Å². The zero-order valence-electron chi connectivity index (χ0n) is 9.25. The monoisotopic (exact) mass is 313 g/mol. The molecule has 0 saturated carbocycles. The summed E-state index contributed by atoms with van der Waals surface area (Å²) in [6, 6.07) is 9.02. The third-order valence-electron chi connectivity index (χ3n) is 2.45. The predicted octanol–water partition coefficient (Wildman–Crippen LogP) is 3.98. The van der Waals surface area contributed by atoms with E-state index < -0.39 is 0 Å². The highest BCUT2D eigenvalue weighted by Crippen LogP contribution is 2.19. The standard InChI is InChI=1S/C13H13BrFNS/c14-11-7-12(17-9-11)8-16-6-5-10-3-1-2-4-13(10)15/h1-4,7,9,16H,5-6,8H2. The first-order valence-electron chi connectivity index (χ1n) is 5.43. The van der Waals surface area contributed by atoms with E-state index in [1.54, 1.807) is 17.4 Å². The molecule has 1 aromatic heterocycles. The van der Waals surface area contributed by atoms with E-state index in [2.05, 4.69) is 32.7 Å². The fourth-order valence-corrected chi connectivity index (χ4v) is 3.00. The molecule has 0 radical (unpaired) electrons. The van der Waals surface area contributed by atoms with E-state index in [0.717, 1.165) is 29.5 Å². The Morgan fingerprint density at radius 3 is 2.82 bits per heavy atom. The van der Waals surface area contributed by atoms with Crippen molar-refractivity contribution in [3.8, 4) is 0 Å². The highest BCUT2D eigenvalue weighted by atomic mass is 79.9. The van der Waals surface area contributed by atoms with Gasteiger partial charge in [0.05, 0.1) is 0 Å². The van der Waals surface area contributed by atoms with Gasteiger partial charge in [-0.15, -0.1) is 11.3 Å². The maximum absolute atomic E-state index is 13.3. The lowest BCUT2D eigenvalue weighted by molar-refractivity contribution is 0.598. The number of thiophene rings is 1. The number of rotatable bonds is 5. The van der Waals surface area contributed by atoms with E-state index in [1.807, 2.05) is 12.1 Å². The van der Waals surface area contributed by atoms with Crippen molar-refractivity contribution in [2.24, 2.45) is 0 Å². The summed E-state index contributed by atoms with van der Waals surface area (Å²) >= 11 is 5.14. The van der Waals surface area contributed by atoms with Gasteiger partial charge in [0, 0.05) is 21.3 Å². The minimum Gasteiger partial charge on any atom is -0.312 e. The molecule has 0 amide bonds. The summed E-state index contributed by atoms with van der Waals surface area (Å²) in [5.41, 5.74) is 0.771. The van der Waals surface area contributed by atoms with E-state index in [1.165, 1.54) is 10.9 Å². The zero-order valence-corrected chi connectivity index (χ0v) is 11.7. The molecular formula is C13H13BrFNS. The van der Waals surface area contributed by atoms with Crippen molar-refractivity contribution in [3.05, 3.63) is 56.4 Å². The Hall–Kier alpha value is -0.710. The van der Waals surface area contributed by atoms with Gasteiger partial charge in [-0.3, -0.25) is 0 Å². The molecule has 1 heterocycles. The molecule has 0 spiro atoms. The molecule has 0 aliphatic heterocycles. The summed E-state index contributed by atoms with van der Waals surface area (Å²) in [7, 11) is 0. The van der Waals surface area contributed by atoms with Crippen molar-refractivity contribution in [3.63, 3.8) is 0 Å². The molecule has 0 aliphatic rings. The molecule has 2 aromatic rings. The second kappa shape index (κ2) is 6.28. The number of benzene rings is 1. The molecule has 1 aromatic carbocycles. The first kappa shape index (κ1) is 12.7. The molecule has 0 unspecified atom stereocenters. The average molecular weight is 314 g/mol. The number of halogens is 2. The lowest BCUT2D eigenvalue weighted by Gasteiger charge is -2.04. The first-order chi connectivity index (χ1) is 8.25. The smallest absolute Gasteiger partial charge is 0.126 e. The van der Waals surface area contributed by atoms with Crippen molar-refractivity contribution >= 4 is 27.3 Å². The van der Waals surface area contributed by atoms with Crippen molar-refractivity contribution in [2.45, 2.75) is 13.0 Å². The molecule has 0 saturated heterocycles. The van der Waals surface area contributed by atoms with Crippen molar-refractivity contribution in [1.29, 1.82) is 0 Å². The van der Waals surface area contributed by atoms with Crippen LogP contribution in [0.2, 0.25) is 0 Å². The van der Waals surface area contributed by atoms with Crippen LogP contribution in [0.3, 0.4) is 0 Å². The van der Waals surface area contributed by atoms with Crippen LogP contribution >= 0.6 is 27.3 Å². The third-order valence-corrected chi connectivity index (χ3v) is 4.15. The van der Waals surface area contributed by atoms with Crippen LogP contribution in [-0.2, 0) is 13.0 Å². The molecule has 90 valence electrons. The van der Waals surface area contributed by atoms with Crippen LogP contribution in [0, 0.1) is 5.82 Å². The highest BCUT2D eigenvalue weighted by molar-refractivity contribution is 9.10. The number of nitrogens with one attached hydrogen (secondary N) is 1. The maximum atomic E-state index is 13.3. The summed E-state index contributed by atoms with van der Waals surface area (Å²) in [5, 5.41) is 5.38. The van der Waals surface area contributed by atoms with Gasteiger partial charge in [0.2, 0.25) is 0 Å². The summed E-state index contributed by atoms with van der Waals surface area (Å²) in [5.74, 6) is -0.117. The van der Waals surface area contributed by atoms with Crippen molar-refractivity contribution in [2.75, 3.05) is 6.54 Å². The molecule has 1 N–H and O–H groups in total. The van der Waals surface area contributed by atoms with Crippen LogP contribution in [0.25, 0.3) is 0 Å². The average Bonchev–Trinajstić information content (AvgIpc) is 2.73. The minimum atomic E-state index is -0.117. The van der Waals surface area contributed by atoms with E-state index in [-0.39, 0.29) is 5.82 Å². The van der Waals surface area contributed by atoms with Crippen molar-refractivity contribution < 1.29 is 4.39 Å². The molecule has 4 heteroatoms. The molecular weight excluding hydrogens is 301 g/mol. The Morgan fingerprint density at radius 2 is 2.12 bits per heavy atom. The number of hydrogen-bond donors (Lipinski definition) is 1. The Morgan fingerprint density at radius 1 is 1.29 bits per heavy atom. The van der Waals surface area contributed by atoms with Gasteiger partial charge >= 0.3 is 0 Å². The highest BCUT2D eigenvalue weighted by Gasteiger charge is 2.00. The van der Waals surface area contributed by atoms with Gasteiger partial charge in [0.25, 0.3) is 0 Å². The summed E-state index contributed by atoms with van der Waals surface area (Å²) < 4.78 is 14.4. The minimum absolute atomic E-state index is 0.117. The molecule has 2 rings (SSSR count). The SMILES string of the molecule is Fc1ccccc1CCNCc1cc(Br)cs1. The zero-order chi connectivity index (χ0) is 12.1. The summed E-state index contributed by atoms with van der Waals surface area (Å²) in [6.45, 7) is 1.63. The van der Waals surface area contributed by atoms with Crippen molar-refractivity contribution in [1.82, 2.24) is 5.32 Å². The van der Waals surface area contributed by atoms with Crippen LogP contribution in [0.4, 0.5) is 4.39 Å². The van der Waals surface area contributed by atoms with Gasteiger partial charge < -0.3 is 5.32 Å². The van der Waals surface area contributed by atoms with E-state index in [9.17, 15) is 4.39 Å². The van der Waals surface area contributed by atoms with Gasteiger partial charge in [-0.05, 0) is 46.6 Å². The van der Waals surface area contributed by atoms with E-state index >= 15 is 0 Å². The Labute approximate surface area is 113 Å². The van der Waals surface area contributed by atoms with Crippen LogP contribution in [-0.4, -0.2) is 6.54 Å². The van der Waals surface area contributed by atoms with E-state index in [4.69, 9.17) is 0 Å².